The van der Waals surface area contributed by atoms with Gasteiger partial charge in [-0.3, -0.25) is 9.36 Å². The van der Waals surface area contributed by atoms with Gasteiger partial charge in [0, 0.05) is 23.0 Å². The third-order valence-corrected chi connectivity index (χ3v) is 8.56. The Morgan fingerprint density at radius 1 is 1.29 bits per heavy atom. The second-order valence-corrected chi connectivity index (χ2v) is 11.5. The Labute approximate surface area is 238 Å². The van der Waals surface area contributed by atoms with Crippen LogP contribution in [0.3, 0.4) is 0 Å². The lowest BCUT2D eigenvalue weighted by molar-refractivity contribution is -0.139. The number of benzene rings is 1. The molecule has 38 heavy (non-hydrogen) atoms. The number of rotatable bonds is 6. The molecular formula is C26H20BrClN4O4S2. The molecule has 4 heterocycles. The summed E-state index contributed by atoms with van der Waals surface area (Å²) in [6.45, 7) is 5.57. The Bertz CT molecular complexity index is 1760. The molecule has 0 saturated carbocycles. The molecule has 1 aromatic carbocycles. The molecule has 0 unspecified atom stereocenters. The molecule has 0 spiro atoms. The minimum atomic E-state index is -0.711. The maximum absolute atomic E-state index is 13.7. The topological polar surface area (TPSA) is 99.6 Å². The van der Waals surface area contributed by atoms with Crippen LogP contribution in [-0.2, 0) is 9.53 Å². The van der Waals surface area contributed by atoms with Crippen molar-refractivity contribution in [1.82, 2.24) is 14.5 Å². The number of ether oxygens (including phenoxy) is 1. The minimum Gasteiger partial charge on any atom is -0.463 e. The molecular weight excluding hydrogens is 612 g/mol. The second-order valence-electron chi connectivity index (χ2n) is 8.22. The molecule has 0 amide bonds. The molecule has 8 nitrogen and oxygen atoms in total. The number of thiazole rings is 1. The normalized spacial score (nSPS) is 15.4. The van der Waals surface area contributed by atoms with Crippen LogP contribution in [0.2, 0.25) is 5.02 Å². The first-order valence-corrected chi connectivity index (χ1v) is 14.3. The van der Waals surface area contributed by atoms with Crippen LogP contribution in [0.1, 0.15) is 36.9 Å². The van der Waals surface area contributed by atoms with Crippen LogP contribution in [0.5, 0.6) is 0 Å². The lowest BCUT2D eigenvalue weighted by atomic mass is 9.96. The molecule has 1 atom stereocenters. The molecule has 4 aromatic rings. The van der Waals surface area contributed by atoms with Gasteiger partial charge in [-0.2, -0.15) is 0 Å². The standard InChI is InChI=1S/C26H20BrClN4O4S2/c1-4-35-23(34)20-14(3)31-26-32(21(20)15-5-7-16(28)8-6-15)22(33)19(37-26)12-17-11-18(27)24(36-17)38-25-29-10-9-13(2)30-25/h5-12,21H,4H2,1-3H3/b19-12+/t21-/m1/s1. The van der Waals surface area contributed by atoms with Gasteiger partial charge in [-0.15, -0.1) is 0 Å². The summed E-state index contributed by atoms with van der Waals surface area (Å²) in [7, 11) is 0. The van der Waals surface area contributed by atoms with E-state index in [2.05, 4.69) is 30.9 Å². The average Bonchev–Trinajstić information content (AvgIpc) is 3.37. The van der Waals surface area contributed by atoms with E-state index in [1.807, 2.05) is 13.0 Å². The molecule has 194 valence electrons. The predicted molar refractivity (Wildman–Crippen MR) is 149 cm³/mol. The minimum absolute atomic E-state index is 0.203. The van der Waals surface area contributed by atoms with Crippen molar-refractivity contribution in [2.45, 2.75) is 37.1 Å². The van der Waals surface area contributed by atoms with Gasteiger partial charge in [0.2, 0.25) is 0 Å². The monoisotopic (exact) mass is 630 g/mol. The van der Waals surface area contributed by atoms with Crippen molar-refractivity contribution in [2.75, 3.05) is 6.61 Å². The summed E-state index contributed by atoms with van der Waals surface area (Å²) in [5.74, 6) is -0.0420. The van der Waals surface area contributed by atoms with Crippen LogP contribution in [-0.4, -0.2) is 27.1 Å². The van der Waals surface area contributed by atoms with Crippen molar-refractivity contribution < 1.29 is 13.9 Å². The Morgan fingerprint density at radius 3 is 2.76 bits per heavy atom. The van der Waals surface area contributed by atoms with E-state index in [0.717, 1.165) is 11.3 Å². The molecule has 1 aliphatic heterocycles. The van der Waals surface area contributed by atoms with Crippen molar-refractivity contribution in [3.05, 3.63) is 100 Å². The van der Waals surface area contributed by atoms with E-state index >= 15 is 0 Å². The summed E-state index contributed by atoms with van der Waals surface area (Å²) in [4.78, 5) is 40.4. The zero-order valence-corrected chi connectivity index (χ0v) is 24.4. The van der Waals surface area contributed by atoms with Crippen LogP contribution in [0.25, 0.3) is 6.08 Å². The molecule has 0 fully saturated rings. The van der Waals surface area contributed by atoms with E-state index < -0.39 is 12.0 Å². The van der Waals surface area contributed by atoms with Gasteiger partial charge >= 0.3 is 5.97 Å². The Morgan fingerprint density at radius 2 is 2.05 bits per heavy atom. The number of furan rings is 1. The third-order valence-electron chi connectivity index (χ3n) is 5.61. The molecule has 0 bridgehead atoms. The number of hydrogen-bond donors (Lipinski definition) is 0. The Kier molecular flexibility index (Phi) is 7.71. The van der Waals surface area contributed by atoms with Crippen molar-refractivity contribution in [3.63, 3.8) is 0 Å². The zero-order valence-electron chi connectivity index (χ0n) is 20.4. The fourth-order valence-corrected chi connectivity index (χ4v) is 6.41. The number of allylic oxidation sites excluding steroid dienone is 1. The SMILES string of the molecule is CCOC(=O)C1=C(C)N=c2s/c(=C/c3cc(Br)c(Sc4nccc(C)n4)o3)c(=O)n2[C@@H]1c1ccc(Cl)cc1. The highest BCUT2D eigenvalue weighted by Gasteiger charge is 2.33. The maximum Gasteiger partial charge on any atom is 0.338 e. The first-order valence-electron chi connectivity index (χ1n) is 11.5. The highest BCUT2D eigenvalue weighted by Crippen LogP contribution is 2.35. The molecule has 3 aromatic heterocycles. The molecule has 0 radical (unpaired) electrons. The van der Waals surface area contributed by atoms with Gasteiger partial charge in [0.25, 0.3) is 5.56 Å². The summed E-state index contributed by atoms with van der Waals surface area (Å²) in [5.41, 5.74) is 2.07. The van der Waals surface area contributed by atoms with Gasteiger partial charge in [-0.1, -0.05) is 35.1 Å². The van der Waals surface area contributed by atoms with Gasteiger partial charge < -0.3 is 9.15 Å². The fraction of sp³-hybridized carbons (Fsp3) is 0.192. The molecule has 0 N–H and O–H groups in total. The average molecular weight is 632 g/mol. The number of nitrogens with zero attached hydrogens (tertiary/aromatic N) is 4. The highest BCUT2D eigenvalue weighted by molar-refractivity contribution is 9.10. The largest absolute Gasteiger partial charge is 0.463 e. The van der Waals surface area contributed by atoms with Crippen molar-refractivity contribution in [3.8, 4) is 0 Å². The van der Waals surface area contributed by atoms with Crippen LogP contribution in [0, 0.1) is 6.92 Å². The van der Waals surface area contributed by atoms with E-state index in [4.69, 9.17) is 20.8 Å². The van der Waals surface area contributed by atoms with Crippen molar-refractivity contribution in [2.24, 2.45) is 4.99 Å². The predicted octanol–water partition coefficient (Wildman–Crippen LogP) is 5.06. The molecule has 12 heteroatoms. The Balaban J connectivity index is 1.60. The summed E-state index contributed by atoms with van der Waals surface area (Å²) in [6, 6.07) is 9.93. The highest BCUT2D eigenvalue weighted by atomic mass is 79.9. The smallest absolute Gasteiger partial charge is 0.338 e. The zero-order chi connectivity index (χ0) is 27.0. The summed E-state index contributed by atoms with van der Waals surface area (Å²) in [6.07, 6.45) is 3.35. The van der Waals surface area contributed by atoms with Gasteiger partial charge in [0.15, 0.2) is 15.1 Å². The number of carbonyl (C=O) groups is 1. The number of aromatic nitrogens is 3. The van der Waals surface area contributed by atoms with E-state index in [1.54, 1.807) is 56.5 Å². The number of hydrogen-bond acceptors (Lipinski definition) is 9. The van der Waals surface area contributed by atoms with Crippen molar-refractivity contribution >= 4 is 62.7 Å². The fourth-order valence-electron chi connectivity index (χ4n) is 3.95. The first-order chi connectivity index (χ1) is 18.2. The van der Waals surface area contributed by atoms with Gasteiger partial charge in [0.1, 0.15) is 5.76 Å². The molecule has 0 saturated heterocycles. The number of esters is 1. The summed E-state index contributed by atoms with van der Waals surface area (Å²) in [5, 5.41) is 1.66. The van der Waals surface area contributed by atoms with Crippen LogP contribution in [0.4, 0.5) is 0 Å². The second kappa shape index (κ2) is 11.0. The molecule has 0 aliphatic carbocycles. The van der Waals surface area contributed by atoms with Crippen LogP contribution in [0.15, 0.2) is 82.8 Å². The quantitative estimate of drug-likeness (QED) is 0.217. The lowest BCUT2D eigenvalue weighted by Crippen LogP contribution is -2.39. The maximum atomic E-state index is 13.7. The number of halogens is 2. The number of aryl methyl sites for hydroxylation is 1. The lowest BCUT2D eigenvalue weighted by Gasteiger charge is -2.24. The van der Waals surface area contributed by atoms with Crippen molar-refractivity contribution in [1.29, 1.82) is 0 Å². The molecule has 1 aliphatic rings. The van der Waals surface area contributed by atoms with Gasteiger partial charge in [-0.25, -0.2) is 19.8 Å². The van der Waals surface area contributed by atoms with E-state index in [9.17, 15) is 9.59 Å². The first kappa shape index (κ1) is 26.6. The van der Waals surface area contributed by atoms with Crippen LogP contribution >= 0.6 is 50.6 Å². The van der Waals surface area contributed by atoms with Gasteiger partial charge in [-0.05, 0) is 78.3 Å². The summed E-state index contributed by atoms with van der Waals surface area (Å²) < 4.78 is 14.0. The van der Waals surface area contributed by atoms with Gasteiger partial charge in [0.05, 0.1) is 32.9 Å². The van der Waals surface area contributed by atoms with Crippen LogP contribution < -0.4 is 14.9 Å². The number of carbonyl (C=O) groups excluding carboxylic acids is 1. The van der Waals surface area contributed by atoms with E-state index in [0.29, 0.717) is 46.1 Å². The molecule has 5 rings (SSSR count). The number of fused-ring (bicyclic) bond motifs is 1. The summed E-state index contributed by atoms with van der Waals surface area (Å²) >= 11 is 12.1. The van der Waals surface area contributed by atoms with E-state index in [1.165, 1.54) is 27.7 Å². The third kappa shape index (κ3) is 5.28. The van der Waals surface area contributed by atoms with E-state index in [-0.39, 0.29) is 12.2 Å². The Hall–Kier alpha value is -2.99.